The molecule has 0 aliphatic carbocycles. The second kappa shape index (κ2) is 5.86. The lowest BCUT2D eigenvalue weighted by Gasteiger charge is -2.26. The van der Waals surface area contributed by atoms with Gasteiger partial charge in [-0.2, -0.15) is 4.31 Å². The molecule has 5 nitrogen and oxygen atoms in total. The topological polar surface area (TPSA) is 71.5 Å². The van der Waals surface area contributed by atoms with Crippen molar-refractivity contribution in [3.8, 4) is 0 Å². The molecule has 1 aliphatic rings. The largest absolute Gasteiger partial charge is 0.243 e. The molecule has 0 bridgehead atoms. The van der Waals surface area contributed by atoms with E-state index in [9.17, 15) is 21.2 Å². The van der Waals surface area contributed by atoms with E-state index in [1.165, 1.54) is 18.2 Å². The molecule has 1 aliphatic heterocycles. The molecule has 21 heavy (non-hydrogen) atoms. The van der Waals surface area contributed by atoms with E-state index in [-0.39, 0.29) is 29.4 Å². The molecule has 0 spiro atoms. The summed E-state index contributed by atoms with van der Waals surface area (Å²) in [5, 5.41) is 0. The van der Waals surface area contributed by atoms with Crippen LogP contribution in [0.25, 0.3) is 0 Å². The number of rotatable bonds is 5. The lowest BCUT2D eigenvalue weighted by molar-refractivity contribution is 0.367. The van der Waals surface area contributed by atoms with Crippen molar-refractivity contribution in [2.24, 2.45) is 0 Å². The maximum Gasteiger partial charge on any atom is 0.243 e. The maximum atomic E-state index is 12.9. The summed E-state index contributed by atoms with van der Waals surface area (Å²) in [5.41, 5.74) is 0. The summed E-state index contributed by atoms with van der Waals surface area (Å²) < 4.78 is 62.4. The van der Waals surface area contributed by atoms with Crippen LogP contribution in [0.5, 0.6) is 0 Å². The Morgan fingerprint density at radius 1 is 1.33 bits per heavy atom. The summed E-state index contributed by atoms with van der Waals surface area (Å²) in [6.07, 6.45) is 1.67. The van der Waals surface area contributed by atoms with Crippen molar-refractivity contribution in [3.05, 3.63) is 42.7 Å². The van der Waals surface area contributed by atoms with Crippen LogP contribution in [0.4, 0.5) is 4.39 Å². The number of benzene rings is 1. The van der Waals surface area contributed by atoms with Gasteiger partial charge >= 0.3 is 0 Å². The summed E-state index contributed by atoms with van der Waals surface area (Å²) in [7, 11) is -7.09. The Labute approximate surface area is 124 Å². The zero-order chi connectivity index (χ0) is 15.7. The van der Waals surface area contributed by atoms with Crippen LogP contribution in [-0.2, 0) is 19.9 Å². The van der Waals surface area contributed by atoms with E-state index in [2.05, 4.69) is 6.58 Å². The van der Waals surface area contributed by atoms with Gasteiger partial charge in [-0.25, -0.2) is 21.2 Å². The molecule has 1 heterocycles. The SMILES string of the molecule is C=CCN([C@@H]1CCS(=O)(=O)C1)S(=O)(=O)c1ccc(F)cc1. The van der Waals surface area contributed by atoms with Crippen LogP contribution >= 0.6 is 0 Å². The summed E-state index contributed by atoms with van der Waals surface area (Å²) >= 11 is 0. The fraction of sp³-hybridized carbons (Fsp3) is 0.385. The predicted octanol–water partition coefficient (Wildman–Crippen LogP) is 1.19. The Balaban J connectivity index is 2.37. The molecule has 2 rings (SSSR count). The molecule has 1 fully saturated rings. The van der Waals surface area contributed by atoms with Crippen molar-refractivity contribution in [3.63, 3.8) is 0 Å². The van der Waals surface area contributed by atoms with Gasteiger partial charge in [0.25, 0.3) is 0 Å². The fourth-order valence-electron chi connectivity index (χ4n) is 2.32. The van der Waals surface area contributed by atoms with E-state index in [0.29, 0.717) is 0 Å². The average molecular weight is 333 g/mol. The highest BCUT2D eigenvalue weighted by Crippen LogP contribution is 2.25. The van der Waals surface area contributed by atoms with Crippen LogP contribution in [0.3, 0.4) is 0 Å². The summed E-state index contributed by atoms with van der Waals surface area (Å²) in [4.78, 5) is -0.0601. The van der Waals surface area contributed by atoms with Gasteiger partial charge in [-0.05, 0) is 30.7 Å². The van der Waals surface area contributed by atoms with Crippen molar-refractivity contribution in [2.45, 2.75) is 17.4 Å². The van der Waals surface area contributed by atoms with E-state index < -0.39 is 31.7 Å². The standard InChI is InChI=1S/C13H16FNO4S2/c1-2-8-15(12-7-9-20(16,17)10-12)21(18,19)13-5-3-11(14)4-6-13/h2-6,12H,1,7-10H2/t12-/m1/s1. The van der Waals surface area contributed by atoms with E-state index in [4.69, 9.17) is 0 Å². The normalized spacial score (nSPS) is 21.5. The Morgan fingerprint density at radius 2 is 1.95 bits per heavy atom. The molecule has 0 radical (unpaired) electrons. The molecule has 0 saturated carbocycles. The van der Waals surface area contributed by atoms with Crippen molar-refractivity contribution in [1.82, 2.24) is 4.31 Å². The lowest BCUT2D eigenvalue weighted by Crippen LogP contribution is -2.41. The molecule has 1 aromatic rings. The van der Waals surface area contributed by atoms with Crippen LogP contribution in [0, 0.1) is 5.82 Å². The molecule has 1 atom stereocenters. The molecule has 1 aromatic carbocycles. The Bertz CT molecular complexity index is 726. The number of nitrogens with zero attached hydrogens (tertiary/aromatic N) is 1. The summed E-state index contributed by atoms with van der Waals surface area (Å²) in [6.45, 7) is 3.53. The molecule has 0 unspecified atom stereocenters. The van der Waals surface area contributed by atoms with Gasteiger partial charge in [-0.3, -0.25) is 0 Å². The quantitative estimate of drug-likeness (QED) is 0.759. The monoisotopic (exact) mass is 333 g/mol. The minimum Gasteiger partial charge on any atom is -0.229 e. The highest BCUT2D eigenvalue weighted by atomic mass is 32.2. The van der Waals surface area contributed by atoms with E-state index in [1.807, 2.05) is 0 Å². The van der Waals surface area contributed by atoms with Gasteiger partial charge in [0.05, 0.1) is 16.4 Å². The lowest BCUT2D eigenvalue weighted by atomic mass is 10.2. The van der Waals surface area contributed by atoms with Gasteiger partial charge in [0, 0.05) is 12.6 Å². The van der Waals surface area contributed by atoms with Crippen LogP contribution in [0.2, 0.25) is 0 Å². The second-order valence-corrected chi connectivity index (χ2v) is 8.99. The summed E-state index contributed by atoms with van der Waals surface area (Å²) in [6, 6.07) is 3.85. The highest BCUT2D eigenvalue weighted by Gasteiger charge is 2.38. The number of hydrogen-bond donors (Lipinski definition) is 0. The zero-order valence-corrected chi connectivity index (χ0v) is 12.9. The molecule has 116 valence electrons. The maximum absolute atomic E-state index is 12.9. The molecular formula is C13H16FNO4S2. The smallest absolute Gasteiger partial charge is 0.229 e. The molecular weight excluding hydrogens is 317 g/mol. The minimum absolute atomic E-state index is 0.0138. The third-order valence-corrected chi connectivity index (χ3v) is 7.03. The number of halogens is 1. The van der Waals surface area contributed by atoms with Crippen LogP contribution in [0.1, 0.15) is 6.42 Å². The first-order chi connectivity index (χ1) is 9.76. The van der Waals surface area contributed by atoms with Gasteiger partial charge in [0.15, 0.2) is 9.84 Å². The van der Waals surface area contributed by atoms with Gasteiger partial charge in [0.2, 0.25) is 10.0 Å². The van der Waals surface area contributed by atoms with Crippen molar-refractivity contribution in [2.75, 3.05) is 18.1 Å². The van der Waals surface area contributed by atoms with Crippen molar-refractivity contribution in [1.29, 1.82) is 0 Å². The molecule has 8 heteroatoms. The predicted molar refractivity (Wildman–Crippen MR) is 77.5 cm³/mol. The van der Waals surface area contributed by atoms with Crippen LogP contribution in [0.15, 0.2) is 41.8 Å². The van der Waals surface area contributed by atoms with Gasteiger partial charge in [0.1, 0.15) is 5.82 Å². The van der Waals surface area contributed by atoms with Crippen molar-refractivity contribution < 1.29 is 21.2 Å². The highest BCUT2D eigenvalue weighted by molar-refractivity contribution is 7.92. The van der Waals surface area contributed by atoms with Gasteiger partial charge in [-0.1, -0.05) is 6.08 Å². The first-order valence-electron chi connectivity index (χ1n) is 6.35. The first-order valence-corrected chi connectivity index (χ1v) is 9.61. The number of hydrogen-bond acceptors (Lipinski definition) is 4. The Morgan fingerprint density at radius 3 is 2.43 bits per heavy atom. The van der Waals surface area contributed by atoms with Crippen molar-refractivity contribution >= 4 is 19.9 Å². The second-order valence-electron chi connectivity index (χ2n) is 4.87. The van der Waals surface area contributed by atoms with E-state index >= 15 is 0 Å². The Kier molecular flexibility index (Phi) is 4.50. The van der Waals surface area contributed by atoms with E-state index in [1.54, 1.807) is 0 Å². The first kappa shape index (κ1) is 16.1. The Hall–Kier alpha value is -1.25. The average Bonchev–Trinajstić information content (AvgIpc) is 2.76. The van der Waals surface area contributed by atoms with Gasteiger partial charge in [-0.15, -0.1) is 6.58 Å². The fourth-order valence-corrected chi connectivity index (χ4v) is 5.77. The molecule has 1 saturated heterocycles. The zero-order valence-electron chi connectivity index (χ0n) is 11.3. The number of sulfonamides is 1. The molecule has 0 N–H and O–H groups in total. The molecule has 0 amide bonds. The summed E-state index contributed by atoms with van der Waals surface area (Å²) in [5.74, 6) is -0.751. The van der Waals surface area contributed by atoms with Crippen LogP contribution < -0.4 is 0 Å². The van der Waals surface area contributed by atoms with E-state index in [0.717, 1.165) is 16.4 Å². The third-order valence-electron chi connectivity index (χ3n) is 3.34. The van der Waals surface area contributed by atoms with Crippen LogP contribution in [-0.4, -0.2) is 45.2 Å². The minimum atomic E-state index is -3.88. The molecule has 0 aromatic heterocycles. The number of sulfone groups is 1. The third kappa shape index (κ3) is 3.50. The van der Waals surface area contributed by atoms with Gasteiger partial charge < -0.3 is 0 Å².